The summed E-state index contributed by atoms with van der Waals surface area (Å²) in [6, 6.07) is 10.5. The molecule has 3 rings (SSSR count). The predicted octanol–water partition coefficient (Wildman–Crippen LogP) is 5.17. The first-order chi connectivity index (χ1) is 11.6. The van der Waals surface area contributed by atoms with Gasteiger partial charge in [0.2, 0.25) is 0 Å². The van der Waals surface area contributed by atoms with E-state index in [1.54, 1.807) is 36.4 Å². The van der Waals surface area contributed by atoms with Gasteiger partial charge in [-0.15, -0.1) is 0 Å². The Kier molecular flexibility index (Phi) is 5.17. The molecule has 1 heterocycles. The first-order valence-electron chi connectivity index (χ1n) is 7.69. The second kappa shape index (κ2) is 7.32. The fraction of sp³-hybridized carbons (Fsp3) is 0.278. The van der Waals surface area contributed by atoms with Crippen LogP contribution >= 0.6 is 23.2 Å². The van der Waals surface area contributed by atoms with Crippen molar-refractivity contribution in [2.45, 2.75) is 12.8 Å². The Morgan fingerprint density at radius 2 is 1.83 bits per heavy atom. The van der Waals surface area contributed by atoms with Crippen molar-refractivity contribution in [2.24, 2.45) is 0 Å². The zero-order chi connectivity index (χ0) is 17.1. The van der Waals surface area contributed by atoms with Crippen LogP contribution in [0.1, 0.15) is 23.2 Å². The van der Waals surface area contributed by atoms with E-state index in [2.05, 4.69) is 4.90 Å². The minimum absolute atomic E-state index is 0.364. The molecular formula is C18H17Cl2NO3. The number of anilines is 1. The van der Waals surface area contributed by atoms with Gasteiger partial charge in [0.1, 0.15) is 10.8 Å². The van der Waals surface area contributed by atoms with Crippen molar-refractivity contribution < 1.29 is 14.3 Å². The lowest BCUT2D eigenvalue weighted by Crippen LogP contribution is -2.19. The van der Waals surface area contributed by atoms with Crippen molar-refractivity contribution in [1.82, 2.24) is 0 Å². The number of carbonyl (C=O) groups excluding carboxylic acids is 1. The number of esters is 1. The van der Waals surface area contributed by atoms with E-state index < -0.39 is 0 Å². The third-order valence-electron chi connectivity index (χ3n) is 3.96. The third-order valence-corrected chi connectivity index (χ3v) is 4.76. The molecule has 0 saturated carbocycles. The number of nitrogens with zero attached hydrogens (tertiary/aromatic N) is 1. The SMILES string of the molecule is COC(=O)c1ccc(Oc2cccc(Cl)c2Cl)c(N2CCCC2)c1. The summed E-state index contributed by atoms with van der Waals surface area (Å²) in [7, 11) is 1.37. The van der Waals surface area contributed by atoms with Crippen molar-refractivity contribution >= 4 is 34.9 Å². The highest BCUT2D eigenvalue weighted by Crippen LogP contribution is 2.39. The molecule has 0 aromatic heterocycles. The van der Waals surface area contributed by atoms with Gasteiger partial charge in [-0.2, -0.15) is 0 Å². The van der Waals surface area contributed by atoms with E-state index in [0.717, 1.165) is 31.6 Å². The topological polar surface area (TPSA) is 38.8 Å². The van der Waals surface area contributed by atoms with Crippen LogP contribution in [0.25, 0.3) is 0 Å². The maximum atomic E-state index is 11.8. The van der Waals surface area contributed by atoms with Gasteiger partial charge >= 0.3 is 5.97 Å². The van der Waals surface area contributed by atoms with Gasteiger partial charge in [0.25, 0.3) is 0 Å². The second-order valence-corrected chi connectivity index (χ2v) is 6.31. The number of rotatable bonds is 4. The highest BCUT2D eigenvalue weighted by Gasteiger charge is 2.20. The van der Waals surface area contributed by atoms with Gasteiger partial charge in [0, 0.05) is 13.1 Å². The molecule has 1 aliphatic rings. The molecule has 6 heteroatoms. The summed E-state index contributed by atoms with van der Waals surface area (Å²) in [6.45, 7) is 1.84. The molecule has 0 atom stereocenters. The van der Waals surface area contributed by atoms with Crippen molar-refractivity contribution in [1.29, 1.82) is 0 Å². The van der Waals surface area contributed by atoms with Gasteiger partial charge in [-0.1, -0.05) is 29.3 Å². The first-order valence-corrected chi connectivity index (χ1v) is 8.45. The normalized spacial score (nSPS) is 13.9. The molecule has 4 nitrogen and oxygen atoms in total. The van der Waals surface area contributed by atoms with Crippen molar-refractivity contribution in [3.05, 3.63) is 52.0 Å². The lowest BCUT2D eigenvalue weighted by molar-refractivity contribution is 0.0601. The highest BCUT2D eigenvalue weighted by atomic mass is 35.5. The van der Waals surface area contributed by atoms with Crippen LogP contribution < -0.4 is 9.64 Å². The summed E-state index contributed by atoms with van der Waals surface area (Å²) < 4.78 is 10.8. The van der Waals surface area contributed by atoms with Crippen LogP contribution in [0.5, 0.6) is 11.5 Å². The minimum Gasteiger partial charge on any atom is -0.465 e. The van der Waals surface area contributed by atoms with Gasteiger partial charge in [-0.25, -0.2) is 4.79 Å². The van der Waals surface area contributed by atoms with Gasteiger partial charge in [-0.3, -0.25) is 0 Å². The van der Waals surface area contributed by atoms with Gasteiger partial charge < -0.3 is 14.4 Å². The molecule has 24 heavy (non-hydrogen) atoms. The molecule has 1 aliphatic heterocycles. The molecule has 1 saturated heterocycles. The molecule has 126 valence electrons. The minimum atomic E-state index is -0.372. The van der Waals surface area contributed by atoms with Gasteiger partial charge in [0.05, 0.1) is 23.4 Å². The van der Waals surface area contributed by atoms with Crippen LogP contribution in [-0.2, 0) is 4.74 Å². The number of hydrogen-bond acceptors (Lipinski definition) is 4. The van der Waals surface area contributed by atoms with Crippen LogP contribution in [0.2, 0.25) is 10.0 Å². The Balaban J connectivity index is 1.99. The van der Waals surface area contributed by atoms with E-state index in [0.29, 0.717) is 27.1 Å². The Morgan fingerprint density at radius 3 is 2.54 bits per heavy atom. The van der Waals surface area contributed by atoms with E-state index in [4.69, 9.17) is 32.7 Å². The average molecular weight is 366 g/mol. The second-order valence-electron chi connectivity index (χ2n) is 5.52. The van der Waals surface area contributed by atoms with Crippen molar-refractivity contribution in [3.63, 3.8) is 0 Å². The zero-order valence-electron chi connectivity index (χ0n) is 13.2. The molecule has 2 aromatic carbocycles. The van der Waals surface area contributed by atoms with E-state index in [1.807, 2.05) is 0 Å². The van der Waals surface area contributed by atoms with Crippen LogP contribution in [-0.4, -0.2) is 26.2 Å². The molecule has 0 unspecified atom stereocenters. The molecule has 0 amide bonds. The van der Waals surface area contributed by atoms with Crippen LogP contribution in [0.15, 0.2) is 36.4 Å². The highest BCUT2D eigenvalue weighted by molar-refractivity contribution is 6.42. The van der Waals surface area contributed by atoms with Crippen LogP contribution in [0.4, 0.5) is 5.69 Å². The number of halogens is 2. The van der Waals surface area contributed by atoms with E-state index in [1.165, 1.54) is 7.11 Å². The number of hydrogen-bond donors (Lipinski definition) is 0. The molecule has 0 radical (unpaired) electrons. The maximum Gasteiger partial charge on any atom is 0.337 e. The third kappa shape index (κ3) is 3.45. The predicted molar refractivity (Wildman–Crippen MR) is 95.8 cm³/mol. The summed E-state index contributed by atoms with van der Waals surface area (Å²) in [4.78, 5) is 14.0. The average Bonchev–Trinajstić information content (AvgIpc) is 3.13. The van der Waals surface area contributed by atoms with Crippen LogP contribution in [0, 0.1) is 0 Å². The standard InChI is InChI=1S/C18H17Cl2NO3/c1-23-18(22)12-7-8-15(14(11-12)21-9-2-3-10-21)24-16-6-4-5-13(19)17(16)20/h4-8,11H,2-3,9-10H2,1H3. The van der Waals surface area contributed by atoms with E-state index >= 15 is 0 Å². The Morgan fingerprint density at radius 1 is 1.08 bits per heavy atom. The fourth-order valence-corrected chi connectivity index (χ4v) is 3.07. The first kappa shape index (κ1) is 16.9. The summed E-state index contributed by atoms with van der Waals surface area (Å²) in [5.74, 6) is 0.743. The molecule has 0 bridgehead atoms. The summed E-state index contributed by atoms with van der Waals surface area (Å²) >= 11 is 12.3. The lowest BCUT2D eigenvalue weighted by atomic mass is 10.1. The van der Waals surface area contributed by atoms with E-state index in [-0.39, 0.29) is 5.97 Å². The number of carbonyl (C=O) groups is 1. The molecule has 1 fully saturated rings. The Bertz CT molecular complexity index is 758. The van der Waals surface area contributed by atoms with Crippen molar-refractivity contribution in [2.75, 3.05) is 25.1 Å². The maximum absolute atomic E-state index is 11.8. The number of ether oxygens (including phenoxy) is 2. The Hall–Kier alpha value is -1.91. The quantitative estimate of drug-likeness (QED) is 0.700. The zero-order valence-corrected chi connectivity index (χ0v) is 14.7. The monoisotopic (exact) mass is 365 g/mol. The van der Waals surface area contributed by atoms with Crippen molar-refractivity contribution in [3.8, 4) is 11.5 Å². The van der Waals surface area contributed by atoms with E-state index in [9.17, 15) is 4.79 Å². The van der Waals surface area contributed by atoms with Crippen LogP contribution in [0.3, 0.4) is 0 Å². The molecule has 0 N–H and O–H groups in total. The summed E-state index contributed by atoms with van der Waals surface area (Å²) in [5.41, 5.74) is 1.34. The smallest absolute Gasteiger partial charge is 0.337 e. The summed E-state index contributed by atoms with van der Waals surface area (Å²) in [6.07, 6.45) is 2.22. The largest absolute Gasteiger partial charge is 0.465 e. The van der Waals surface area contributed by atoms with Gasteiger partial charge in [-0.05, 0) is 43.2 Å². The number of benzene rings is 2. The Labute approximate surface area is 150 Å². The lowest BCUT2D eigenvalue weighted by Gasteiger charge is -2.22. The summed E-state index contributed by atoms with van der Waals surface area (Å²) in [5, 5.41) is 0.798. The molecular weight excluding hydrogens is 349 g/mol. The molecule has 0 spiro atoms. The fourth-order valence-electron chi connectivity index (χ4n) is 2.73. The van der Waals surface area contributed by atoms with Gasteiger partial charge in [0.15, 0.2) is 5.75 Å². The molecule has 2 aromatic rings. The number of methoxy groups -OCH3 is 1. The molecule has 0 aliphatic carbocycles.